The Bertz CT molecular complexity index is 1180. The van der Waals surface area contributed by atoms with Crippen molar-refractivity contribution in [3.8, 4) is 28.4 Å². The third-order valence-electron chi connectivity index (χ3n) is 6.19. The highest BCUT2D eigenvalue weighted by Crippen LogP contribution is 2.41. The van der Waals surface area contributed by atoms with Crippen LogP contribution in [-0.2, 0) is 0 Å². The van der Waals surface area contributed by atoms with Gasteiger partial charge in [-0.15, -0.1) is 0 Å². The number of nitrogens with zero attached hydrogens (tertiary/aromatic N) is 1. The van der Waals surface area contributed by atoms with E-state index in [0.717, 1.165) is 41.3 Å². The number of likely N-dealkylation sites (tertiary alicyclic amines) is 1. The van der Waals surface area contributed by atoms with Gasteiger partial charge in [0, 0.05) is 17.5 Å². The molecular weight excluding hydrogens is 414 g/mol. The molecular formula is C28H29NO2S. The SMILES string of the molecule is Cc1cscc1-c1ccc2ccccc2c1Oc1ccc(OCCN2CCCCC2)cc1. The van der Waals surface area contributed by atoms with Gasteiger partial charge in [-0.1, -0.05) is 36.8 Å². The Morgan fingerprint density at radius 2 is 1.59 bits per heavy atom. The maximum Gasteiger partial charge on any atom is 0.143 e. The van der Waals surface area contributed by atoms with Gasteiger partial charge in [-0.05, 0) is 90.5 Å². The molecule has 0 saturated carbocycles. The summed E-state index contributed by atoms with van der Waals surface area (Å²) in [6, 6.07) is 20.8. The molecule has 1 saturated heterocycles. The van der Waals surface area contributed by atoms with Gasteiger partial charge in [0.25, 0.3) is 0 Å². The Labute approximate surface area is 194 Å². The normalized spacial score (nSPS) is 14.5. The van der Waals surface area contributed by atoms with Gasteiger partial charge < -0.3 is 9.47 Å². The zero-order valence-electron chi connectivity index (χ0n) is 18.5. The van der Waals surface area contributed by atoms with Crippen molar-refractivity contribution < 1.29 is 9.47 Å². The first-order valence-corrected chi connectivity index (χ1v) is 12.4. The molecule has 3 aromatic carbocycles. The predicted octanol–water partition coefficient (Wildman–Crippen LogP) is 7.53. The molecule has 1 aromatic heterocycles. The lowest BCUT2D eigenvalue weighted by Crippen LogP contribution is -2.33. The topological polar surface area (TPSA) is 21.7 Å². The third-order valence-corrected chi connectivity index (χ3v) is 7.06. The van der Waals surface area contributed by atoms with E-state index in [-0.39, 0.29) is 0 Å². The number of hydrogen-bond acceptors (Lipinski definition) is 4. The Balaban J connectivity index is 1.34. The van der Waals surface area contributed by atoms with E-state index >= 15 is 0 Å². The molecule has 5 rings (SSSR count). The van der Waals surface area contributed by atoms with Crippen LogP contribution in [0.25, 0.3) is 21.9 Å². The molecule has 0 radical (unpaired) electrons. The van der Waals surface area contributed by atoms with Crippen LogP contribution in [-0.4, -0.2) is 31.1 Å². The van der Waals surface area contributed by atoms with E-state index < -0.39 is 0 Å². The molecule has 1 fully saturated rings. The number of ether oxygens (including phenoxy) is 2. The van der Waals surface area contributed by atoms with Gasteiger partial charge in [0.05, 0.1) is 0 Å². The number of rotatable bonds is 7. The number of benzene rings is 3. The lowest BCUT2D eigenvalue weighted by molar-refractivity contribution is 0.183. The Morgan fingerprint density at radius 3 is 2.38 bits per heavy atom. The van der Waals surface area contributed by atoms with Crippen molar-refractivity contribution in [3.05, 3.63) is 77.0 Å². The van der Waals surface area contributed by atoms with Gasteiger partial charge in [-0.25, -0.2) is 0 Å². The minimum Gasteiger partial charge on any atom is -0.492 e. The summed E-state index contributed by atoms with van der Waals surface area (Å²) in [5.74, 6) is 2.61. The first-order chi connectivity index (χ1) is 15.8. The van der Waals surface area contributed by atoms with Crippen LogP contribution >= 0.6 is 11.3 Å². The van der Waals surface area contributed by atoms with E-state index in [1.807, 2.05) is 24.3 Å². The maximum absolute atomic E-state index is 6.50. The molecule has 1 aliphatic heterocycles. The molecule has 4 aromatic rings. The van der Waals surface area contributed by atoms with Crippen molar-refractivity contribution >= 4 is 22.1 Å². The summed E-state index contributed by atoms with van der Waals surface area (Å²) in [5.41, 5.74) is 3.63. The van der Waals surface area contributed by atoms with Crippen molar-refractivity contribution in [1.29, 1.82) is 0 Å². The standard InChI is InChI=1S/C28H29NO2S/c1-21-19-32-20-27(21)26-14-9-22-7-3-4-8-25(22)28(26)31-24-12-10-23(11-13-24)30-18-17-29-15-5-2-6-16-29/h3-4,7-14,19-20H,2,5-6,15-18H2,1H3. The summed E-state index contributed by atoms with van der Waals surface area (Å²) in [6.07, 6.45) is 3.99. The lowest BCUT2D eigenvalue weighted by atomic mass is 9.99. The van der Waals surface area contributed by atoms with Crippen molar-refractivity contribution in [1.82, 2.24) is 4.90 Å². The molecule has 32 heavy (non-hydrogen) atoms. The van der Waals surface area contributed by atoms with E-state index in [4.69, 9.17) is 9.47 Å². The van der Waals surface area contributed by atoms with E-state index in [1.165, 1.54) is 48.9 Å². The minimum atomic E-state index is 0.727. The highest BCUT2D eigenvalue weighted by molar-refractivity contribution is 7.08. The molecule has 0 bridgehead atoms. The number of fused-ring (bicyclic) bond motifs is 1. The summed E-state index contributed by atoms with van der Waals surface area (Å²) in [6.45, 7) is 6.28. The van der Waals surface area contributed by atoms with Gasteiger partial charge in [-0.2, -0.15) is 11.3 Å². The van der Waals surface area contributed by atoms with Gasteiger partial charge >= 0.3 is 0 Å². The summed E-state index contributed by atoms with van der Waals surface area (Å²) in [7, 11) is 0. The Morgan fingerprint density at radius 1 is 0.812 bits per heavy atom. The van der Waals surface area contributed by atoms with Crippen LogP contribution in [0.1, 0.15) is 24.8 Å². The van der Waals surface area contributed by atoms with E-state index in [9.17, 15) is 0 Å². The fourth-order valence-corrected chi connectivity index (χ4v) is 5.25. The molecule has 1 aliphatic rings. The average Bonchev–Trinajstić information content (AvgIpc) is 3.27. The van der Waals surface area contributed by atoms with Crippen LogP contribution in [0.5, 0.6) is 17.2 Å². The van der Waals surface area contributed by atoms with Crippen molar-refractivity contribution in [2.24, 2.45) is 0 Å². The maximum atomic E-state index is 6.50. The molecule has 0 aliphatic carbocycles. The molecule has 0 unspecified atom stereocenters. The summed E-state index contributed by atoms with van der Waals surface area (Å²) in [5, 5.41) is 6.69. The second-order valence-corrected chi connectivity index (χ2v) is 9.20. The van der Waals surface area contributed by atoms with Crippen LogP contribution in [0, 0.1) is 6.92 Å². The van der Waals surface area contributed by atoms with Gasteiger partial charge in [0.1, 0.15) is 23.9 Å². The van der Waals surface area contributed by atoms with Crippen molar-refractivity contribution in [3.63, 3.8) is 0 Å². The van der Waals surface area contributed by atoms with Crippen LogP contribution in [0.2, 0.25) is 0 Å². The highest BCUT2D eigenvalue weighted by atomic mass is 32.1. The van der Waals surface area contributed by atoms with Crippen LogP contribution in [0.15, 0.2) is 71.4 Å². The lowest BCUT2D eigenvalue weighted by Gasteiger charge is -2.26. The second kappa shape index (κ2) is 9.76. The second-order valence-electron chi connectivity index (χ2n) is 8.46. The first-order valence-electron chi connectivity index (χ1n) is 11.5. The Kier molecular flexibility index (Phi) is 6.42. The molecule has 0 atom stereocenters. The Hall–Kier alpha value is -2.82. The zero-order chi connectivity index (χ0) is 21.8. The van der Waals surface area contributed by atoms with Gasteiger partial charge in [0.15, 0.2) is 0 Å². The molecule has 164 valence electrons. The van der Waals surface area contributed by atoms with Crippen LogP contribution < -0.4 is 9.47 Å². The fraction of sp³-hybridized carbons (Fsp3) is 0.286. The van der Waals surface area contributed by atoms with Crippen molar-refractivity contribution in [2.75, 3.05) is 26.2 Å². The minimum absolute atomic E-state index is 0.727. The largest absolute Gasteiger partial charge is 0.492 e. The highest BCUT2D eigenvalue weighted by Gasteiger charge is 2.15. The number of thiophene rings is 1. The summed E-state index contributed by atoms with van der Waals surface area (Å²) < 4.78 is 12.5. The fourth-order valence-electron chi connectivity index (χ4n) is 4.40. The first kappa shape index (κ1) is 21.0. The molecule has 0 spiro atoms. The average molecular weight is 444 g/mol. The predicted molar refractivity (Wildman–Crippen MR) is 134 cm³/mol. The van der Waals surface area contributed by atoms with Crippen LogP contribution in [0.4, 0.5) is 0 Å². The molecule has 0 amide bonds. The van der Waals surface area contributed by atoms with E-state index in [2.05, 4.69) is 59.0 Å². The molecule has 4 heteroatoms. The summed E-state index contributed by atoms with van der Waals surface area (Å²) in [4.78, 5) is 2.50. The molecule has 0 N–H and O–H groups in total. The number of piperidine rings is 1. The summed E-state index contributed by atoms with van der Waals surface area (Å²) >= 11 is 1.73. The van der Waals surface area contributed by atoms with E-state index in [1.54, 1.807) is 11.3 Å². The van der Waals surface area contributed by atoms with Gasteiger partial charge in [0.2, 0.25) is 0 Å². The van der Waals surface area contributed by atoms with Crippen molar-refractivity contribution in [2.45, 2.75) is 26.2 Å². The monoisotopic (exact) mass is 443 g/mol. The quantitative estimate of drug-likeness (QED) is 0.295. The van der Waals surface area contributed by atoms with Gasteiger partial charge in [-0.3, -0.25) is 4.90 Å². The number of hydrogen-bond donors (Lipinski definition) is 0. The van der Waals surface area contributed by atoms with E-state index in [0.29, 0.717) is 0 Å². The van der Waals surface area contributed by atoms with Crippen LogP contribution in [0.3, 0.4) is 0 Å². The third kappa shape index (κ3) is 4.67. The zero-order valence-corrected chi connectivity index (χ0v) is 19.4. The molecule has 3 nitrogen and oxygen atoms in total. The number of aryl methyl sites for hydroxylation is 1. The molecule has 2 heterocycles. The smallest absolute Gasteiger partial charge is 0.143 e.